The Morgan fingerprint density at radius 1 is 0.538 bits per heavy atom. The minimum absolute atomic E-state index is 0.0623. The first-order valence-corrected chi connectivity index (χ1v) is 10.9. The highest BCUT2D eigenvalue weighted by Gasteiger charge is 2.04. The lowest BCUT2D eigenvalue weighted by Gasteiger charge is -2.21. The van der Waals surface area contributed by atoms with Crippen molar-refractivity contribution < 1.29 is 19.7 Å². The molecule has 0 rings (SSSR count). The molecule has 0 amide bonds. The second-order valence-corrected chi connectivity index (χ2v) is 7.05. The van der Waals surface area contributed by atoms with E-state index >= 15 is 0 Å². The molecule has 0 atom stereocenters. The first-order chi connectivity index (χ1) is 12.8. The molecule has 0 aliphatic rings. The van der Waals surface area contributed by atoms with Gasteiger partial charge >= 0.3 is 0 Å². The van der Waals surface area contributed by atoms with Crippen molar-refractivity contribution in [1.82, 2.24) is 4.90 Å². The van der Waals surface area contributed by atoms with Crippen molar-refractivity contribution in [2.24, 2.45) is 0 Å². The summed E-state index contributed by atoms with van der Waals surface area (Å²) in [5.41, 5.74) is 0. The average molecular weight is 376 g/mol. The van der Waals surface area contributed by atoms with Crippen LogP contribution in [0.1, 0.15) is 77.6 Å². The van der Waals surface area contributed by atoms with Crippen LogP contribution in [0.5, 0.6) is 0 Å². The van der Waals surface area contributed by atoms with Gasteiger partial charge in [0, 0.05) is 32.8 Å². The molecule has 5 nitrogen and oxygen atoms in total. The number of nitrogens with zero attached hydrogens (tertiary/aromatic N) is 1. The molecule has 26 heavy (non-hydrogen) atoms. The Morgan fingerprint density at radius 3 is 1.73 bits per heavy atom. The number of hydrogen-bond acceptors (Lipinski definition) is 5. The minimum atomic E-state index is 0.0623. The second-order valence-electron chi connectivity index (χ2n) is 7.05. The third kappa shape index (κ3) is 20.1. The van der Waals surface area contributed by atoms with Gasteiger partial charge in [0.05, 0.1) is 26.4 Å². The highest BCUT2D eigenvalue weighted by atomic mass is 16.5. The molecule has 0 aromatic rings. The summed E-state index contributed by atoms with van der Waals surface area (Å²) in [6.45, 7) is 7.51. The first kappa shape index (κ1) is 25.8. The molecule has 0 bridgehead atoms. The number of aliphatic hydroxyl groups excluding tert-OH is 2. The predicted octanol–water partition coefficient (Wildman–Crippen LogP) is 3.62. The molecule has 0 aromatic carbocycles. The van der Waals surface area contributed by atoms with Crippen LogP contribution in [0.15, 0.2) is 0 Å². The molecule has 0 spiro atoms. The maximum absolute atomic E-state index is 9.10. The molecule has 0 unspecified atom stereocenters. The predicted molar refractivity (Wildman–Crippen MR) is 109 cm³/mol. The number of hydrogen-bond donors (Lipinski definition) is 2. The average Bonchev–Trinajstić information content (AvgIpc) is 2.65. The summed E-state index contributed by atoms with van der Waals surface area (Å²) < 4.78 is 11.0. The van der Waals surface area contributed by atoms with Crippen LogP contribution in [-0.2, 0) is 9.47 Å². The zero-order valence-electron chi connectivity index (χ0n) is 17.3. The van der Waals surface area contributed by atoms with Crippen molar-refractivity contribution in [3.8, 4) is 0 Å². The van der Waals surface area contributed by atoms with E-state index in [1.807, 2.05) is 0 Å². The topological polar surface area (TPSA) is 62.2 Å². The van der Waals surface area contributed by atoms with Gasteiger partial charge in [-0.05, 0) is 12.8 Å². The highest BCUT2D eigenvalue weighted by molar-refractivity contribution is 4.57. The normalized spacial score (nSPS) is 11.5. The molecule has 0 saturated carbocycles. The maximum atomic E-state index is 9.10. The second kappa shape index (κ2) is 22.8. The number of unbranched alkanes of at least 4 members (excludes halogenated alkanes) is 9. The molecule has 0 aromatic heterocycles. The monoisotopic (exact) mass is 375 g/mol. The van der Waals surface area contributed by atoms with Crippen molar-refractivity contribution >= 4 is 0 Å². The van der Waals surface area contributed by atoms with Crippen molar-refractivity contribution in [3.05, 3.63) is 0 Å². The summed E-state index contributed by atoms with van der Waals surface area (Å²) in [7, 11) is 0. The Kier molecular flexibility index (Phi) is 22.7. The van der Waals surface area contributed by atoms with Gasteiger partial charge in [0.15, 0.2) is 0 Å². The van der Waals surface area contributed by atoms with E-state index < -0.39 is 0 Å². The summed E-state index contributed by atoms with van der Waals surface area (Å²) in [6, 6.07) is 0. The van der Waals surface area contributed by atoms with Gasteiger partial charge in [0.2, 0.25) is 0 Å². The first-order valence-electron chi connectivity index (χ1n) is 10.9. The van der Waals surface area contributed by atoms with Crippen LogP contribution in [0.4, 0.5) is 0 Å². The Labute approximate surface area is 162 Å². The zero-order valence-corrected chi connectivity index (χ0v) is 17.3. The van der Waals surface area contributed by atoms with Crippen LogP contribution in [0, 0.1) is 0 Å². The standard InChI is InChI=1S/C21H45NO4/c1-2-3-4-5-6-7-8-9-10-11-18-25-19-12-13-22(14-16-23)15-20-26-21-17-24/h23-24H,2-21H2,1H3. The van der Waals surface area contributed by atoms with E-state index in [1.165, 1.54) is 64.2 Å². The Morgan fingerprint density at radius 2 is 1.12 bits per heavy atom. The highest BCUT2D eigenvalue weighted by Crippen LogP contribution is 2.10. The molecule has 0 fully saturated rings. The SMILES string of the molecule is CCCCCCCCCCCCOCCCN(CCO)CCOCCO. The lowest BCUT2D eigenvalue weighted by atomic mass is 10.1. The fourth-order valence-electron chi connectivity index (χ4n) is 3.02. The van der Waals surface area contributed by atoms with E-state index in [4.69, 9.17) is 19.7 Å². The lowest BCUT2D eigenvalue weighted by molar-refractivity contribution is 0.0641. The third-order valence-corrected chi connectivity index (χ3v) is 4.61. The molecule has 158 valence electrons. The van der Waals surface area contributed by atoms with Crippen molar-refractivity contribution in [3.63, 3.8) is 0 Å². The molecule has 2 N–H and O–H groups in total. The van der Waals surface area contributed by atoms with Gasteiger partial charge in [-0.2, -0.15) is 0 Å². The van der Waals surface area contributed by atoms with Gasteiger partial charge in [-0.15, -0.1) is 0 Å². The van der Waals surface area contributed by atoms with E-state index in [9.17, 15) is 0 Å². The molecule has 0 radical (unpaired) electrons. The quantitative estimate of drug-likeness (QED) is 0.283. The van der Waals surface area contributed by atoms with Gasteiger partial charge in [-0.1, -0.05) is 64.7 Å². The van der Waals surface area contributed by atoms with Gasteiger partial charge in [0.1, 0.15) is 0 Å². The van der Waals surface area contributed by atoms with Gasteiger partial charge in [-0.3, -0.25) is 4.90 Å². The smallest absolute Gasteiger partial charge is 0.0698 e. The summed E-state index contributed by atoms with van der Waals surface area (Å²) in [4.78, 5) is 2.18. The third-order valence-electron chi connectivity index (χ3n) is 4.61. The zero-order chi connectivity index (χ0) is 19.1. The fraction of sp³-hybridized carbons (Fsp3) is 1.00. The van der Waals surface area contributed by atoms with Crippen LogP contribution in [0.3, 0.4) is 0 Å². The molecule has 0 heterocycles. The van der Waals surface area contributed by atoms with E-state index in [2.05, 4.69) is 11.8 Å². The van der Waals surface area contributed by atoms with E-state index in [0.717, 1.165) is 32.7 Å². The van der Waals surface area contributed by atoms with Crippen LogP contribution in [-0.4, -0.2) is 74.4 Å². The number of ether oxygens (including phenoxy) is 2. The van der Waals surface area contributed by atoms with Gasteiger partial charge < -0.3 is 19.7 Å². The Bertz CT molecular complexity index is 254. The van der Waals surface area contributed by atoms with Crippen LogP contribution < -0.4 is 0 Å². The largest absolute Gasteiger partial charge is 0.395 e. The van der Waals surface area contributed by atoms with E-state index in [-0.39, 0.29) is 13.2 Å². The van der Waals surface area contributed by atoms with Crippen LogP contribution >= 0.6 is 0 Å². The van der Waals surface area contributed by atoms with Crippen LogP contribution in [0.25, 0.3) is 0 Å². The number of rotatable bonds is 22. The fourth-order valence-corrected chi connectivity index (χ4v) is 3.02. The molecule has 5 heteroatoms. The van der Waals surface area contributed by atoms with Crippen molar-refractivity contribution in [2.45, 2.75) is 77.6 Å². The Hall–Kier alpha value is -0.200. The summed E-state index contributed by atoms with van der Waals surface area (Å²) in [5.74, 6) is 0. The van der Waals surface area contributed by atoms with Gasteiger partial charge in [0.25, 0.3) is 0 Å². The molecule has 0 saturated heterocycles. The van der Waals surface area contributed by atoms with Crippen molar-refractivity contribution in [2.75, 3.05) is 59.3 Å². The Balaban J connectivity index is 3.29. The van der Waals surface area contributed by atoms with E-state index in [1.54, 1.807) is 0 Å². The molecular weight excluding hydrogens is 330 g/mol. The van der Waals surface area contributed by atoms with Crippen molar-refractivity contribution in [1.29, 1.82) is 0 Å². The van der Waals surface area contributed by atoms with Gasteiger partial charge in [-0.25, -0.2) is 0 Å². The van der Waals surface area contributed by atoms with Crippen LogP contribution in [0.2, 0.25) is 0 Å². The summed E-state index contributed by atoms with van der Waals surface area (Å²) in [6.07, 6.45) is 14.5. The summed E-state index contributed by atoms with van der Waals surface area (Å²) >= 11 is 0. The molecule has 0 aliphatic carbocycles. The van der Waals surface area contributed by atoms with E-state index in [0.29, 0.717) is 19.8 Å². The maximum Gasteiger partial charge on any atom is 0.0698 e. The summed E-state index contributed by atoms with van der Waals surface area (Å²) in [5, 5.41) is 17.8. The number of aliphatic hydroxyl groups is 2. The molecule has 0 aliphatic heterocycles. The minimum Gasteiger partial charge on any atom is -0.395 e. The lowest BCUT2D eigenvalue weighted by Crippen LogP contribution is -2.32. The molecular formula is C21H45NO4.